The van der Waals surface area contributed by atoms with Crippen LogP contribution >= 0.6 is 0 Å². The normalized spacial score (nSPS) is 18.5. The first-order valence-electron chi connectivity index (χ1n) is 8.94. The molecule has 0 unspecified atom stereocenters. The van der Waals surface area contributed by atoms with Crippen LogP contribution < -0.4 is 11.0 Å². The summed E-state index contributed by atoms with van der Waals surface area (Å²) in [7, 11) is 0. The summed E-state index contributed by atoms with van der Waals surface area (Å²) in [5, 5.41) is 8.41. The summed E-state index contributed by atoms with van der Waals surface area (Å²) in [6.45, 7) is 4.76. The Labute approximate surface area is 150 Å². The molecule has 0 bridgehead atoms. The Morgan fingerprint density at radius 2 is 2.23 bits per heavy atom. The van der Waals surface area contributed by atoms with E-state index in [1.807, 2.05) is 44.2 Å². The molecule has 1 aliphatic rings. The summed E-state index contributed by atoms with van der Waals surface area (Å²) in [6, 6.07) is 9.57. The van der Waals surface area contributed by atoms with E-state index in [-0.39, 0.29) is 23.7 Å². The Morgan fingerprint density at radius 3 is 3.00 bits per heavy atom. The van der Waals surface area contributed by atoms with Crippen LogP contribution in [0.25, 0.3) is 16.6 Å². The molecule has 0 radical (unpaired) electrons. The minimum absolute atomic E-state index is 0.117. The van der Waals surface area contributed by atoms with Gasteiger partial charge in [-0.2, -0.15) is 0 Å². The maximum absolute atomic E-state index is 12.9. The number of aryl methyl sites for hydroxylation is 1. The smallest absolute Gasteiger partial charge is 0.350 e. The quantitative estimate of drug-likeness (QED) is 0.773. The molecule has 1 fully saturated rings. The van der Waals surface area contributed by atoms with Crippen LogP contribution in [-0.2, 0) is 16.1 Å². The molecule has 1 saturated heterocycles. The zero-order valence-electron chi connectivity index (χ0n) is 14.9. The summed E-state index contributed by atoms with van der Waals surface area (Å²) in [5.74, 6) is -0.117. The fourth-order valence-corrected chi connectivity index (χ4v) is 3.54. The van der Waals surface area contributed by atoms with E-state index in [1.54, 1.807) is 4.40 Å². The molecule has 7 nitrogen and oxygen atoms in total. The number of para-hydroxylation sites is 1. The van der Waals surface area contributed by atoms with Crippen LogP contribution in [-0.4, -0.2) is 38.8 Å². The number of ether oxygens (including phenoxy) is 1. The number of rotatable bonds is 4. The average molecular weight is 354 g/mol. The second-order valence-corrected chi connectivity index (χ2v) is 6.92. The van der Waals surface area contributed by atoms with Crippen LogP contribution in [0.1, 0.15) is 25.3 Å². The highest BCUT2D eigenvalue weighted by atomic mass is 16.5. The molecule has 7 heteroatoms. The van der Waals surface area contributed by atoms with Crippen molar-refractivity contribution < 1.29 is 9.53 Å². The highest BCUT2D eigenvalue weighted by Gasteiger charge is 2.25. The Hall–Kier alpha value is -2.67. The SMILES string of the molecule is Cc1cc2ccccc2n2c(=O)n(C[C@H](C)NC(=O)[C@@H]3CCCO3)nc12. The Bertz CT molecular complexity index is 1030. The number of amides is 1. The van der Waals surface area contributed by atoms with E-state index in [0.29, 0.717) is 18.8 Å². The predicted molar refractivity (Wildman–Crippen MR) is 98.3 cm³/mol. The van der Waals surface area contributed by atoms with Crippen molar-refractivity contribution in [1.29, 1.82) is 0 Å². The van der Waals surface area contributed by atoms with E-state index in [1.165, 1.54) is 4.68 Å². The molecule has 3 heterocycles. The van der Waals surface area contributed by atoms with Gasteiger partial charge >= 0.3 is 5.69 Å². The van der Waals surface area contributed by atoms with Crippen molar-refractivity contribution >= 4 is 22.5 Å². The number of pyridine rings is 1. The van der Waals surface area contributed by atoms with Crippen LogP contribution in [0.3, 0.4) is 0 Å². The first-order chi connectivity index (χ1) is 12.5. The van der Waals surface area contributed by atoms with Crippen molar-refractivity contribution in [1.82, 2.24) is 19.5 Å². The summed E-state index contributed by atoms with van der Waals surface area (Å²) in [4.78, 5) is 25.1. The van der Waals surface area contributed by atoms with Crippen molar-refractivity contribution in [2.75, 3.05) is 6.61 Å². The first kappa shape index (κ1) is 16.8. The number of carbonyl (C=O) groups excluding carboxylic acids is 1. The topological polar surface area (TPSA) is 77.6 Å². The molecular weight excluding hydrogens is 332 g/mol. The molecule has 1 N–H and O–H groups in total. The third kappa shape index (κ3) is 2.88. The third-order valence-corrected chi connectivity index (χ3v) is 4.80. The fourth-order valence-electron chi connectivity index (χ4n) is 3.54. The molecule has 26 heavy (non-hydrogen) atoms. The van der Waals surface area contributed by atoms with Gasteiger partial charge in [-0.1, -0.05) is 18.2 Å². The molecule has 136 valence electrons. The number of hydrogen-bond acceptors (Lipinski definition) is 4. The van der Waals surface area contributed by atoms with Crippen LogP contribution in [0.2, 0.25) is 0 Å². The molecule has 1 aromatic carbocycles. The number of nitrogens with zero attached hydrogens (tertiary/aromatic N) is 3. The van der Waals surface area contributed by atoms with E-state index in [2.05, 4.69) is 10.4 Å². The molecular formula is C19H22N4O3. The van der Waals surface area contributed by atoms with Crippen molar-refractivity contribution in [3.8, 4) is 0 Å². The van der Waals surface area contributed by atoms with Crippen molar-refractivity contribution in [3.05, 3.63) is 46.4 Å². The molecule has 4 rings (SSSR count). The van der Waals surface area contributed by atoms with Gasteiger partial charge < -0.3 is 10.1 Å². The molecule has 1 amide bonds. The lowest BCUT2D eigenvalue weighted by molar-refractivity contribution is -0.130. The number of nitrogens with one attached hydrogen (secondary N) is 1. The van der Waals surface area contributed by atoms with Gasteiger partial charge in [-0.15, -0.1) is 5.10 Å². The number of carbonyl (C=O) groups is 1. The van der Waals surface area contributed by atoms with Gasteiger partial charge in [-0.25, -0.2) is 13.9 Å². The van der Waals surface area contributed by atoms with Crippen molar-refractivity contribution in [3.63, 3.8) is 0 Å². The number of hydrogen-bond donors (Lipinski definition) is 1. The monoisotopic (exact) mass is 354 g/mol. The van der Waals surface area contributed by atoms with Gasteiger partial charge in [-0.3, -0.25) is 4.79 Å². The largest absolute Gasteiger partial charge is 0.368 e. The second kappa shape index (κ2) is 6.57. The summed E-state index contributed by atoms with van der Waals surface area (Å²) in [6.07, 6.45) is 1.28. The number of benzene rings is 1. The molecule has 0 saturated carbocycles. The highest BCUT2D eigenvalue weighted by Crippen LogP contribution is 2.18. The molecule has 0 aliphatic carbocycles. The minimum atomic E-state index is -0.374. The lowest BCUT2D eigenvalue weighted by Crippen LogP contribution is -2.43. The molecule has 2 aromatic heterocycles. The van der Waals surface area contributed by atoms with Crippen LogP contribution in [0.5, 0.6) is 0 Å². The van der Waals surface area contributed by atoms with Gasteiger partial charge in [0.15, 0.2) is 5.65 Å². The molecule has 1 aliphatic heterocycles. The van der Waals surface area contributed by atoms with Crippen LogP contribution in [0.4, 0.5) is 0 Å². The highest BCUT2D eigenvalue weighted by molar-refractivity contribution is 5.83. The standard InChI is InChI=1S/C19H22N4O3/c1-12-10-14-6-3-4-7-15(14)23-17(12)21-22(19(23)25)11-13(2)20-18(24)16-8-5-9-26-16/h3-4,6-7,10,13,16H,5,8-9,11H2,1-2H3,(H,20,24)/t13-,16-/m0/s1. The van der Waals surface area contributed by atoms with Gasteiger partial charge in [-0.05, 0) is 49.8 Å². The van der Waals surface area contributed by atoms with E-state index < -0.39 is 0 Å². The molecule has 3 aromatic rings. The Morgan fingerprint density at radius 1 is 1.42 bits per heavy atom. The summed E-state index contributed by atoms with van der Waals surface area (Å²) in [5.41, 5.74) is 2.22. The third-order valence-electron chi connectivity index (χ3n) is 4.80. The van der Waals surface area contributed by atoms with E-state index >= 15 is 0 Å². The van der Waals surface area contributed by atoms with Crippen molar-refractivity contribution in [2.24, 2.45) is 0 Å². The van der Waals surface area contributed by atoms with Crippen LogP contribution in [0, 0.1) is 6.92 Å². The van der Waals surface area contributed by atoms with E-state index in [4.69, 9.17) is 4.74 Å². The minimum Gasteiger partial charge on any atom is -0.368 e. The fraction of sp³-hybridized carbons (Fsp3) is 0.421. The maximum atomic E-state index is 12.9. The van der Waals surface area contributed by atoms with Crippen molar-refractivity contribution in [2.45, 2.75) is 45.4 Å². The van der Waals surface area contributed by atoms with E-state index in [0.717, 1.165) is 29.3 Å². The Kier molecular flexibility index (Phi) is 4.24. The zero-order chi connectivity index (χ0) is 18.3. The first-order valence-corrected chi connectivity index (χ1v) is 8.94. The van der Waals surface area contributed by atoms with Gasteiger partial charge in [0, 0.05) is 12.6 Å². The number of fused-ring (bicyclic) bond motifs is 3. The van der Waals surface area contributed by atoms with Gasteiger partial charge in [0.2, 0.25) is 5.91 Å². The predicted octanol–water partition coefficient (Wildman–Crippen LogP) is 1.64. The molecule has 0 spiro atoms. The van der Waals surface area contributed by atoms with Crippen LogP contribution in [0.15, 0.2) is 35.1 Å². The van der Waals surface area contributed by atoms with E-state index in [9.17, 15) is 9.59 Å². The lowest BCUT2D eigenvalue weighted by Gasteiger charge is -2.16. The Balaban J connectivity index is 1.63. The zero-order valence-corrected chi connectivity index (χ0v) is 14.9. The summed E-state index contributed by atoms with van der Waals surface area (Å²) >= 11 is 0. The van der Waals surface area contributed by atoms with Gasteiger partial charge in [0.25, 0.3) is 0 Å². The average Bonchev–Trinajstić information content (AvgIpc) is 3.25. The second-order valence-electron chi connectivity index (χ2n) is 6.92. The molecule has 2 atom stereocenters. The number of aromatic nitrogens is 3. The summed E-state index contributed by atoms with van der Waals surface area (Å²) < 4.78 is 8.47. The van der Waals surface area contributed by atoms with Gasteiger partial charge in [0.05, 0.1) is 12.1 Å². The lowest BCUT2D eigenvalue weighted by atomic mass is 10.1. The maximum Gasteiger partial charge on any atom is 0.350 e. The van der Waals surface area contributed by atoms with Gasteiger partial charge in [0.1, 0.15) is 6.10 Å².